The van der Waals surface area contributed by atoms with Crippen LogP contribution in [0, 0.1) is 0 Å². The number of hydrogen-bond acceptors (Lipinski definition) is 4. The van der Waals surface area contributed by atoms with Gasteiger partial charge in [0.25, 0.3) is 5.91 Å². The lowest BCUT2D eigenvalue weighted by atomic mass is 10.2. The van der Waals surface area contributed by atoms with Gasteiger partial charge in [0, 0.05) is 11.9 Å². The first-order valence-electron chi connectivity index (χ1n) is 9.54. The Morgan fingerprint density at radius 2 is 1.74 bits per heavy atom. The van der Waals surface area contributed by atoms with E-state index in [2.05, 4.69) is 26.3 Å². The minimum Gasteiger partial charge on any atom is -0.482 e. The summed E-state index contributed by atoms with van der Waals surface area (Å²) in [6, 6.07) is 10.6. The van der Waals surface area contributed by atoms with Crippen molar-refractivity contribution >= 4 is 85.5 Å². The molecule has 176 valence electrons. The number of carbonyl (C=O) groups is 1. The molecule has 2 aromatic heterocycles. The second-order valence-electron chi connectivity index (χ2n) is 6.96. The van der Waals surface area contributed by atoms with Crippen molar-refractivity contribution in [3.05, 3.63) is 95.5 Å². The Labute approximate surface area is 227 Å². The van der Waals surface area contributed by atoms with Crippen LogP contribution < -0.4 is 10.1 Å². The van der Waals surface area contributed by atoms with Crippen molar-refractivity contribution in [2.24, 2.45) is 0 Å². The van der Waals surface area contributed by atoms with Crippen molar-refractivity contribution in [2.75, 3.05) is 5.32 Å². The van der Waals surface area contributed by atoms with Gasteiger partial charge in [0.05, 0.1) is 32.3 Å². The molecule has 1 amide bonds. The van der Waals surface area contributed by atoms with E-state index in [1.165, 1.54) is 6.07 Å². The van der Waals surface area contributed by atoms with Crippen molar-refractivity contribution < 1.29 is 13.9 Å². The molecule has 4 aromatic rings. The molecule has 0 aliphatic heterocycles. The number of anilines is 1. The number of hydrogen-bond donors (Lipinski definition) is 1. The molecular formula is C22H13BrCl5N3O3. The van der Waals surface area contributed by atoms with Crippen LogP contribution in [-0.4, -0.2) is 15.7 Å². The summed E-state index contributed by atoms with van der Waals surface area (Å²) in [6.45, 7) is 0.483. The molecule has 0 saturated heterocycles. The van der Waals surface area contributed by atoms with Gasteiger partial charge in [-0.3, -0.25) is 9.48 Å². The molecular weight excluding hydrogens is 611 g/mol. The predicted octanol–water partition coefficient (Wildman–Crippen LogP) is 8.39. The van der Waals surface area contributed by atoms with Gasteiger partial charge < -0.3 is 14.5 Å². The molecule has 0 fully saturated rings. The van der Waals surface area contributed by atoms with Crippen molar-refractivity contribution in [1.29, 1.82) is 0 Å². The maximum atomic E-state index is 12.6. The zero-order valence-corrected chi connectivity index (χ0v) is 22.3. The average Bonchev–Trinajstić information content (AvgIpc) is 3.45. The molecule has 6 nitrogen and oxygen atoms in total. The first-order valence-corrected chi connectivity index (χ1v) is 12.2. The van der Waals surface area contributed by atoms with Crippen LogP contribution in [-0.2, 0) is 13.2 Å². The van der Waals surface area contributed by atoms with Gasteiger partial charge in [-0.25, -0.2) is 0 Å². The number of carbonyl (C=O) groups excluding carboxylic acids is 1. The number of aromatic nitrogens is 2. The lowest BCUT2D eigenvalue weighted by Crippen LogP contribution is -2.11. The molecule has 0 unspecified atom stereocenters. The minimum atomic E-state index is -0.418. The Balaban J connectivity index is 1.41. The summed E-state index contributed by atoms with van der Waals surface area (Å²) in [4.78, 5) is 12.6. The number of rotatable bonds is 7. The minimum absolute atomic E-state index is 0.0212. The molecule has 1 N–H and O–H groups in total. The molecule has 12 heteroatoms. The van der Waals surface area contributed by atoms with Gasteiger partial charge in [0.15, 0.2) is 11.5 Å². The molecule has 0 saturated carbocycles. The average molecular weight is 625 g/mol. The van der Waals surface area contributed by atoms with E-state index in [0.29, 0.717) is 18.0 Å². The molecule has 0 spiro atoms. The van der Waals surface area contributed by atoms with Gasteiger partial charge in [-0.05, 0) is 45.8 Å². The van der Waals surface area contributed by atoms with Crippen LogP contribution in [0.1, 0.15) is 21.9 Å². The maximum absolute atomic E-state index is 12.6. The van der Waals surface area contributed by atoms with Crippen LogP contribution in [0.2, 0.25) is 25.1 Å². The normalized spacial score (nSPS) is 11.0. The summed E-state index contributed by atoms with van der Waals surface area (Å²) < 4.78 is 13.9. The van der Waals surface area contributed by atoms with Gasteiger partial charge in [-0.15, -0.1) is 0 Å². The quantitative estimate of drug-likeness (QED) is 0.166. The summed E-state index contributed by atoms with van der Waals surface area (Å²) in [5.41, 5.74) is 1.59. The van der Waals surface area contributed by atoms with E-state index >= 15 is 0 Å². The molecule has 0 bridgehead atoms. The van der Waals surface area contributed by atoms with Crippen LogP contribution in [0.3, 0.4) is 0 Å². The Kier molecular flexibility index (Phi) is 8.02. The molecule has 0 aliphatic rings. The van der Waals surface area contributed by atoms with Crippen molar-refractivity contribution in [2.45, 2.75) is 13.2 Å². The monoisotopic (exact) mass is 621 g/mol. The topological polar surface area (TPSA) is 69.3 Å². The zero-order chi connectivity index (χ0) is 24.4. The highest BCUT2D eigenvalue weighted by atomic mass is 79.9. The molecule has 0 radical (unpaired) electrons. The van der Waals surface area contributed by atoms with Gasteiger partial charge in [-0.2, -0.15) is 5.10 Å². The molecule has 2 aromatic carbocycles. The third kappa shape index (κ3) is 5.67. The standard InChI is InChI=1S/C22H13BrCl5N3O3/c23-12-7-29-31(9-12)8-11-2-1-3-13(6-11)30-22(32)15-5-4-14(34-15)10-33-21-19(27)17(25)16(24)18(26)20(21)28/h1-7,9H,8,10H2,(H,30,32). The van der Waals surface area contributed by atoms with Crippen molar-refractivity contribution in [3.63, 3.8) is 0 Å². The highest BCUT2D eigenvalue weighted by Gasteiger charge is 2.21. The molecule has 2 heterocycles. The summed E-state index contributed by atoms with van der Waals surface area (Å²) in [5.74, 6) is 0.104. The zero-order valence-electron chi connectivity index (χ0n) is 16.9. The number of benzene rings is 2. The lowest BCUT2D eigenvalue weighted by molar-refractivity contribution is 0.0992. The smallest absolute Gasteiger partial charge is 0.291 e. The van der Waals surface area contributed by atoms with Crippen LogP contribution in [0.4, 0.5) is 5.69 Å². The largest absolute Gasteiger partial charge is 0.482 e. The number of furan rings is 1. The first kappa shape index (κ1) is 25.2. The molecule has 4 rings (SSSR count). The van der Waals surface area contributed by atoms with E-state index in [4.69, 9.17) is 67.2 Å². The number of halogens is 6. The van der Waals surface area contributed by atoms with E-state index in [1.54, 1.807) is 23.0 Å². The summed E-state index contributed by atoms with van der Waals surface area (Å²) in [7, 11) is 0. The maximum Gasteiger partial charge on any atom is 0.291 e. The second-order valence-corrected chi connectivity index (χ2v) is 9.77. The van der Waals surface area contributed by atoms with Crippen molar-refractivity contribution in [1.82, 2.24) is 9.78 Å². The Bertz CT molecular complexity index is 1340. The van der Waals surface area contributed by atoms with Gasteiger partial charge in [-0.1, -0.05) is 70.1 Å². The Morgan fingerprint density at radius 3 is 2.41 bits per heavy atom. The lowest BCUT2D eigenvalue weighted by Gasteiger charge is -2.12. The fraction of sp³-hybridized carbons (Fsp3) is 0.0909. The molecule has 34 heavy (non-hydrogen) atoms. The Hall–Kier alpha value is -1.87. The van der Waals surface area contributed by atoms with E-state index in [-0.39, 0.29) is 43.2 Å². The van der Waals surface area contributed by atoms with Crippen LogP contribution in [0.25, 0.3) is 0 Å². The summed E-state index contributed by atoms with van der Waals surface area (Å²) in [5, 5.41) is 7.17. The number of nitrogens with zero attached hydrogens (tertiary/aromatic N) is 2. The third-order valence-electron chi connectivity index (χ3n) is 4.54. The SMILES string of the molecule is O=C(Nc1cccc(Cn2cc(Br)cn2)c1)c1ccc(COc2c(Cl)c(Cl)c(Cl)c(Cl)c2Cl)o1. The number of nitrogens with one attached hydrogen (secondary N) is 1. The van der Waals surface area contributed by atoms with Crippen LogP contribution in [0.15, 0.2) is 57.7 Å². The van der Waals surface area contributed by atoms with Crippen molar-refractivity contribution in [3.8, 4) is 5.75 Å². The number of amides is 1. The highest BCUT2D eigenvalue weighted by molar-refractivity contribution is 9.10. The van der Waals surface area contributed by atoms with E-state index < -0.39 is 5.91 Å². The molecule has 0 aliphatic carbocycles. The molecule has 0 atom stereocenters. The van der Waals surface area contributed by atoms with Gasteiger partial charge >= 0.3 is 0 Å². The van der Waals surface area contributed by atoms with Gasteiger partial charge in [0.2, 0.25) is 0 Å². The van der Waals surface area contributed by atoms with Crippen LogP contribution >= 0.6 is 73.9 Å². The number of ether oxygens (including phenoxy) is 1. The van der Waals surface area contributed by atoms with E-state index in [0.717, 1.165) is 10.0 Å². The van der Waals surface area contributed by atoms with Gasteiger partial charge in [0.1, 0.15) is 22.4 Å². The predicted molar refractivity (Wildman–Crippen MR) is 138 cm³/mol. The van der Waals surface area contributed by atoms with E-state index in [1.807, 2.05) is 24.4 Å². The van der Waals surface area contributed by atoms with Crippen LogP contribution in [0.5, 0.6) is 5.75 Å². The third-order valence-corrected chi connectivity index (χ3v) is 7.20. The summed E-state index contributed by atoms with van der Waals surface area (Å²) in [6.07, 6.45) is 3.58. The fourth-order valence-electron chi connectivity index (χ4n) is 2.98. The summed E-state index contributed by atoms with van der Waals surface area (Å²) >= 11 is 33.8. The first-order chi connectivity index (χ1) is 16.2. The highest BCUT2D eigenvalue weighted by Crippen LogP contribution is 2.48. The Morgan fingerprint density at radius 1 is 1.03 bits per heavy atom. The second kappa shape index (κ2) is 10.8. The van der Waals surface area contributed by atoms with E-state index in [9.17, 15) is 4.79 Å². The fourth-order valence-corrected chi connectivity index (χ4v) is 4.54.